The summed E-state index contributed by atoms with van der Waals surface area (Å²) in [5.41, 5.74) is 2.70. The van der Waals surface area contributed by atoms with E-state index in [0.29, 0.717) is 18.1 Å². The van der Waals surface area contributed by atoms with E-state index in [1.807, 2.05) is 49.4 Å². The lowest BCUT2D eigenvalue weighted by Crippen LogP contribution is -2.32. The van der Waals surface area contributed by atoms with E-state index in [4.69, 9.17) is 0 Å². The van der Waals surface area contributed by atoms with Crippen molar-refractivity contribution < 1.29 is 4.79 Å². The van der Waals surface area contributed by atoms with Gasteiger partial charge in [-0.1, -0.05) is 43.3 Å². The molecule has 26 heavy (non-hydrogen) atoms. The smallest absolute Gasteiger partial charge is 0.319 e. The van der Waals surface area contributed by atoms with E-state index in [2.05, 4.69) is 45.2 Å². The summed E-state index contributed by atoms with van der Waals surface area (Å²) in [5.74, 6) is 0.970. The standard InChI is InChI=1S/C19H22N6O/c1-3-15(16-8-5-4-6-9-16)13-20-19(26)21-17-10-7-11-18(12-17)25-14(2)22-23-24-25/h4-12,15H,3,13H2,1-2H3,(H2,20,21,26)/t15-/m1/s1. The van der Waals surface area contributed by atoms with Gasteiger partial charge in [0.15, 0.2) is 5.82 Å². The first-order chi connectivity index (χ1) is 12.7. The lowest BCUT2D eigenvalue weighted by atomic mass is 9.97. The monoisotopic (exact) mass is 350 g/mol. The third kappa shape index (κ3) is 4.24. The number of urea groups is 1. The van der Waals surface area contributed by atoms with Crippen LogP contribution in [0.4, 0.5) is 10.5 Å². The molecule has 0 spiro atoms. The van der Waals surface area contributed by atoms with Crippen molar-refractivity contribution in [1.29, 1.82) is 0 Å². The van der Waals surface area contributed by atoms with Crippen LogP contribution >= 0.6 is 0 Å². The largest absolute Gasteiger partial charge is 0.337 e. The predicted molar refractivity (Wildman–Crippen MR) is 100 cm³/mol. The Hall–Kier alpha value is -3.22. The molecule has 0 saturated heterocycles. The summed E-state index contributed by atoms with van der Waals surface area (Å²) in [7, 11) is 0. The van der Waals surface area contributed by atoms with Gasteiger partial charge in [-0.3, -0.25) is 0 Å². The molecule has 0 radical (unpaired) electrons. The molecule has 2 aromatic carbocycles. The Kier molecular flexibility index (Phi) is 5.58. The molecule has 134 valence electrons. The maximum absolute atomic E-state index is 12.3. The number of carbonyl (C=O) groups excluding carboxylic acids is 1. The minimum absolute atomic E-state index is 0.232. The molecule has 7 nitrogen and oxygen atoms in total. The molecule has 1 atom stereocenters. The second kappa shape index (κ2) is 8.24. The summed E-state index contributed by atoms with van der Waals surface area (Å²) in [5, 5.41) is 17.3. The van der Waals surface area contributed by atoms with Crippen LogP contribution in [0.15, 0.2) is 54.6 Å². The Balaban J connectivity index is 1.61. The van der Waals surface area contributed by atoms with Gasteiger partial charge in [0.1, 0.15) is 0 Å². The average Bonchev–Trinajstić information content (AvgIpc) is 3.09. The Morgan fingerprint density at radius 3 is 2.65 bits per heavy atom. The SMILES string of the molecule is CC[C@H](CNC(=O)Nc1cccc(-n2nnnc2C)c1)c1ccccc1. The highest BCUT2D eigenvalue weighted by Gasteiger charge is 2.11. The fraction of sp³-hybridized carbons (Fsp3) is 0.263. The Morgan fingerprint density at radius 2 is 1.96 bits per heavy atom. The van der Waals surface area contributed by atoms with Gasteiger partial charge in [-0.2, -0.15) is 4.68 Å². The number of hydrogen-bond acceptors (Lipinski definition) is 4. The van der Waals surface area contributed by atoms with Crippen LogP contribution in [-0.2, 0) is 0 Å². The number of hydrogen-bond donors (Lipinski definition) is 2. The minimum Gasteiger partial charge on any atom is -0.337 e. The average molecular weight is 350 g/mol. The highest BCUT2D eigenvalue weighted by atomic mass is 16.2. The molecular weight excluding hydrogens is 328 g/mol. The van der Waals surface area contributed by atoms with E-state index in [-0.39, 0.29) is 11.9 Å². The van der Waals surface area contributed by atoms with Gasteiger partial charge in [-0.25, -0.2) is 4.79 Å². The van der Waals surface area contributed by atoms with E-state index < -0.39 is 0 Å². The maximum atomic E-state index is 12.3. The molecule has 0 aliphatic rings. The number of nitrogens with one attached hydrogen (secondary N) is 2. The molecule has 0 aliphatic heterocycles. The molecule has 0 aliphatic carbocycles. The fourth-order valence-corrected chi connectivity index (χ4v) is 2.80. The maximum Gasteiger partial charge on any atom is 0.319 e. The molecular formula is C19H22N6O. The summed E-state index contributed by atoms with van der Waals surface area (Å²) >= 11 is 0. The number of anilines is 1. The van der Waals surface area contributed by atoms with Gasteiger partial charge in [0.05, 0.1) is 5.69 Å². The van der Waals surface area contributed by atoms with Crippen molar-refractivity contribution in [2.75, 3.05) is 11.9 Å². The molecule has 0 unspecified atom stereocenters. The summed E-state index contributed by atoms with van der Waals surface area (Å²) < 4.78 is 1.62. The Labute approximate surface area is 152 Å². The molecule has 1 heterocycles. The van der Waals surface area contributed by atoms with Gasteiger partial charge in [-0.15, -0.1) is 5.10 Å². The number of carbonyl (C=O) groups is 1. The quantitative estimate of drug-likeness (QED) is 0.714. The summed E-state index contributed by atoms with van der Waals surface area (Å²) in [6.07, 6.45) is 0.957. The Bertz CT molecular complexity index is 861. The number of aryl methyl sites for hydroxylation is 1. The second-order valence-electron chi connectivity index (χ2n) is 6.04. The summed E-state index contributed by atoms with van der Waals surface area (Å²) in [6, 6.07) is 17.4. The molecule has 1 aromatic heterocycles. The molecule has 3 rings (SSSR count). The predicted octanol–water partition coefficient (Wildman–Crippen LogP) is 3.29. The van der Waals surface area contributed by atoms with Crippen LogP contribution in [0.5, 0.6) is 0 Å². The van der Waals surface area contributed by atoms with Crippen molar-refractivity contribution in [2.24, 2.45) is 0 Å². The highest BCUT2D eigenvalue weighted by Crippen LogP contribution is 2.18. The van der Waals surface area contributed by atoms with Crippen LogP contribution in [0.25, 0.3) is 5.69 Å². The minimum atomic E-state index is -0.232. The zero-order chi connectivity index (χ0) is 18.4. The molecule has 0 saturated carbocycles. The van der Waals surface area contributed by atoms with Crippen LogP contribution in [0, 0.1) is 6.92 Å². The molecule has 3 aromatic rings. The van der Waals surface area contributed by atoms with Gasteiger partial charge in [0.2, 0.25) is 0 Å². The first-order valence-electron chi connectivity index (χ1n) is 8.62. The van der Waals surface area contributed by atoms with E-state index in [9.17, 15) is 4.79 Å². The van der Waals surface area contributed by atoms with E-state index in [1.54, 1.807) is 4.68 Å². The first-order valence-corrected chi connectivity index (χ1v) is 8.62. The van der Waals surface area contributed by atoms with Gasteiger partial charge in [-0.05, 0) is 47.5 Å². The number of rotatable bonds is 6. The third-order valence-electron chi connectivity index (χ3n) is 4.25. The third-order valence-corrected chi connectivity index (χ3v) is 4.25. The van der Waals surface area contributed by atoms with Crippen molar-refractivity contribution in [2.45, 2.75) is 26.2 Å². The highest BCUT2D eigenvalue weighted by molar-refractivity contribution is 5.89. The summed E-state index contributed by atoms with van der Waals surface area (Å²) in [4.78, 5) is 12.3. The van der Waals surface area contributed by atoms with Gasteiger partial charge in [0, 0.05) is 18.2 Å². The normalized spacial score (nSPS) is 11.8. The van der Waals surface area contributed by atoms with Crippen LogP contribution in [0.1, 0.15) is 30.7 Å². The van der Waals surface area contributed by atoms with Crippen molar-refractivity contribution in [3.05, 3.63) is 66.0 Å². The number of aromatic nitrogens is 4. The van der Waals surface area contributed by atoms with Gasteiger partial charge < -0.3 is 10.6 Å². The zero-order valence-electron chi connectivity index (χ0n) is 14.9. The van der Waals surface area contributed by atoms with E-state index in [1.165, 1.54) is 5.56 Å². The number of benzene rings is 2. The van der Waals surface area contributed by atoms with Crippen LogP contribution in [-0.4, -0.2) is 32.8 Å². The van der Waals surface area contributed by atoms with Crippen molar-refractivity contribution in [3.63, 3.8) is 0 Å². The first kappa shape index (κ1) is 17.6. The van der Waals surface area contributed by atoms with Gasteiger partial charge in [0.25, 0.3) is 0 Å². The lowest BCUT2D eigenvalue weighted by Gasteiger charge is -2.16. The zero-order valence-corrected chi connectivity index (χ0v) is 14.9. The molecule has 0 fully saturated rings. The van der Waals surface area contributed by atoms with Crippen molar-refractivity contribution in [1.82, 2.24) is 25.5 Å². The van der Waals surface area contributed by atoms with Crippen LogP contribution in [0.2, 0.25) is 0 Å². The molecule has 0 bridgehead atoms. The van der Waals surface area contributed by atoms with E-state index in [0.717, 1.165) is 12.1 Å². The second-order valence-corrected chi connectivity index (χ2v) is 6.04. The van der Waals surface area contributed by atoms with Gasteiger partial charge >= 0.3 is 6.03 Å². The number of nitrogens with zero attached hydrogens (tertiary/aromatic N) is 4. The fourth-order valence-electron chi connectivity index (χ4n) is 2.80. The topological polar surface area (TPSA) is 84.7 Å². The molecule has 2 N–H and O–H groups in total. The van der Waals surface area contributed by atoms with Crippen LogP contribution in [0.3, 0.4) is 0 Å². The molecule has 2 amide bonds. The van der Waals surface area contributed by atoms with Crippen LogP contribution < -0.4 is 10.6 Å². The molecule has 7 heteroatoms. The van der Waals surface area contributed by atoms with Crippen molar-refractivity contribution in [3.8, 4) is 5.69 Å². The number of tetrazole rings is 1. The van der Waals surface area contributed by atoms with Crippen molar-refractivity contribution >= 4 is 11.7 Å². The lowest BCUT2D eigenvalue weighted by molar-refractivity contribution is 0.251. The van der Waals surface area contributed by atoms with E-state index >= 15 is 0 Å². The Morgan fingerprint density at radius 1 is 1.15 bits per heavy atom. The summed E-state index contributed by atoms with van der Waals surface area (Å²) in [6.45, 7) is 4.52. The number of amides is 2.